The lowest BCUT2D eigenvalue weighted by Gasteiger charge is -2.05. The SMILES string of the molecule is Cc1nnc(CC(=O)OC(C)C)o1. The molecule has 0 amide bonds. The zero-order valence-corrected chi connectivity index (χ0v) is 7.90. The van der Waals surface area contributed by atoms with E-state index < -0.39 is 0 Å². The second-order valence-electron chi connectivity index (χ2n) is 2.93. The van der Waals surface area contributed by atoms with Crippen LogP contribution in [0.4, 0.5) is 0 Å². The third-order valence-electron chi connectivity index (χ3n) is 1.23. The van der Waals surface area contributed by atoms with Gasteiger partial charge in [0.25, 0.3) is 0 Å². The Morgan fingerprint density at radius 3 is 2.69 bits per heavy atom. The molecule has 1 aromatic heterocycles. The van der Waals surface area contributed by atoms with Crippen molar-refractivity contribution >= 4 is 5.97 Å². The van der Waals surface area contributed by atoms with Crippen LogP contribution in [-0.2, 0) is 16.0 Å². The van der Waals surface area contributed by atoms with Crippen LogP contribution in [0, 0.1) is 6.92 Å². The predicted molar refractivity (Wildman–Crippen MR) is 44.0 cm³/mol. The Labute approximate surface area is 76.1 Å². The van der Waals surface area contributed by atoms with E-state index >= 15 is 0 Å². The average molecular weight is 184 g/mol. The van der Waals surface area contributed by atoms with Crippen LogP contribution in [0.5, 0.6) is 0 Å². The van der Waals surface area contributed by atoms with Gasteiger partial charge in [-0.25, -0.2) is 0 Å². The van der Waals surface area contributed by atoms with E-state index in [0.29, 0.717) is 11.8 Å². The first-order valence-electron chi connectivity index (χ1n) is 4.06. The summed E-state index contributed by atoms with van der Waals surface area (Å²) >= 11 is 0. The second-order valence-corrected chi connectivity index (χ2v) is 2.93. The van der Waals surface area contributed by atoms with E-state index in [1.807, 2.05) is 0 Å². The van der Waals surface area contributed by atoms with Gasteiger partial charge in [0, 0.05) is 6.92 Å². The molecule has 0 spiro atoms. The van der Waals surface area contributed by atoms with Crippen LogP contribution < -0.4 is 0 Å². The van der Waals surface area contributed by atoms with E-state index in [1.54, 1.807) is 20.8 Å². The highest BCUT2D eigenvalue weighted by atomic mass is 16.5. The van der Waals surface area contributed by atoms with E-state index in [1.165, 1.54) is 0 Å². The van der Waals surface area contributed by atoms with Crippen molar-refractivity contribution in [3.63, 3.8) is 0 Å². The van der Waals surface area contributed by atoms with Gasteiger partial charge in [-0.2, -0.15) is 0 Å². The highest BCUT2D eigenvalue weighted by Gasteiger charge is 2.11. The van der Waals surface area contributed by atoms with Crippen molar-refractivity contribution in [3.8, 4) is 0 Å². The largest absolute Gasteiger partial charge is 0.463 e. The second kappa shape index (κ2) is 4.02. The lowest BCUT2D eigenvalue weighted by atomic mass is 10.4. The Kier molecular flexibility index (Phi) is 3.00. The third kappa shape index (κ3) is 3.23. The topological polar surface area (TPSA) is 65.2 Å². The number of esters is 1. The Hall–Kier alpha value is -1.39. The van der Waals surface area contributed by atoms with Crippen LogP contribution in [0.2, 0.25) is 0 Å². The summed E-state index contributed by atoms with van der Waals surface area (Å²) in [6.07, 6.45) is -0.0736. The van der Waals surface area contributed by atoms with Gasteiger partial charge >= 0.3 is 5.97 Å². The van der Waals surface area contributed by atoms with Crippen molar-refractivity contribution in [1.82, 2.24) is 10.2 Å². The lowest BCUT2D eigenvalue weighted by Crippen LogP contribution is -2.13. The minimum Gasteiger partial charge on any atom is -0.463 e. The van der Waals surface area contributed by atoms with Crippen molar-refractivity contribution in [2.75, 3.05) is 0 Å². The van der Waals surface area contributed by atoms with Crippen molar-refractivity contribution in [2.45, 2.75) is 33.3 Å². The van der Waals surface area contributed by atoms with E-state index in [2.05, 4.69) is 10.2 Å². The van der Waals surface area contributed by atoms with Gasteiger partial charge in [-0.05, 0) is 13.8 Å². The molecule has 5 nitrogen and oxygen atoms in total. The molecule has 0 radical (unpaired) electrons. The normalized spacial score (nSPS) is 10.5. The molecule has 0 saturated heterocycles. The summed E-state index contributed by atoms with van der Waals surface area (Å²) in [7, 11) is 0. The van der Waals surface area contributed by atoms with E-state index in [-0.39, 0.29) is 18.5 Å². The molecule has 1 heterocycles. The number of carbonyl (C=O) groups excluding carboxylic acids is 1. The number of hydrogen-bond acceptors (Lipinski definition) is 5. The van der Waals surface area contributed by atoms with Gasteiger partial charge in [0.1, 0.15) is 6.42 Å². The molecular weight excluding hydrogens is 172 g/mol. The predicted octanol–water partition coefficient (Wildman–Crippen LogP) is 0.872. The maximum absolute atomic E-state index is 11.1. The van der Waals surface area contributed by atoms with Crippen LogP contribution in [0.25, 0.3) is 0 Å². The molecule has 0 bridgehead atoms. The molecule has 0 fully saturated rings. The van der Waals surface area contributed by atoms with Crippen LogP contribution in [0.3, 0.4) is 0 Å². The molecule has 1 rings (SSSR count). The first kappa shape index (κ1) is 9.70. The van der Waals surface area contributed by atoms with Gasteiger partial charge in [-0.15, -0.1) is 10.2 Å². The standard InChI is InChI=1S/C8H12N2O3/c1-5(2)12-8(11)4-7-10-9-6(3)13-7/h5H,4H2,1-3H3. The Bertz CT molecular complexity index is 293. The van der Waals surface area contributed by atoms with Crippen LogP contribution >= 0.6 is 0 Å². The number of aromatic nitrogens is 2. The number of aryl methyl sites for hydroxylation is 1. The molecule has 13 heavy (non-hydrogen) atoms. The van der Waals surface area contributed by atoms with Crippen molar-refractivity contribution in [3.05, 3.63) is 11.8 Å². The number of nitrogens with zero attached hydrogens (tertiary/aromatic N) is 2. The maximum atomic E-state index is 11.1. The number of ether oxygens (including phenoxy) is 1. The molecule has 5 heteroatoms. The van der Waals surface area contributed by atoms with E-state index in [0.717, 1.165) is 0 Å². The van der Waals surface area contributed by atoms with Crippen molar-refractivity contribution in [1.29, 1.82) is 0 Å². The fourth-order valence-corrected chi connectivity index (χ4v) is 0.837. The van der Waals surface area contributed by atoms with Gasteiger partial charge in [-0.1, -0.05) is 0 Å². The van der Waals surface area contributed by atoms with E-state index in [4.69, 9.17) is 9.15 Å². The summed E-state index contributed by atoms with van der Waals surface area (Å²) in [6, 6.07) is 0. The van der Waals surface area contributed by atoms with Crippen molar-refractivity contribution < 1.29 is 13.9 Å². The molecule has 72 valence electrons. The van der Waals surface area contributed by atoms with Crippen molar-refractivity contribution in [2.24, 2.45) is 0 Å². The maximum Gasteiger partial charge on any atom is 0.315 e. The highest BCUT2D eigenvalue weighted by Crippen LogP contribution is 2.01. The number of rotatable bonds is 3. The Morgan fingerprint density at radius 1 is 1.54 bits per heavy atom. The first-order valence-corrected chi connectivity index (χ1v) is 4.06. The van der Waals surface area contributed by atoms with Crippen LogP contribution in [0.1, 0.15) is 25.6 Å². The van der Waals surface area contributed by atoms with E-state index in [9.17, 15) is 4.79 Å². The minimum absolute atomic E-state index is 0.0407. The molecule has 0 aliphatic rings. The summed E-state index contributed by atoms with van der Waals surface area (Å²) in [5.41, 5.74) is 0. The fourth-order valence-electron chi connectivity index (χ4n) is 0.837. The molecule has 0 N–H and O–H groups in total. The first-order chi connectivity index (χ1) is 6.08. The molecule has 0 aliphatic carbocycles. The summed E-state index contributed by atoms with van der Waals surface area (Å²) in [4.78, 5) is 11.1. The van der Waals surface area contributed by atoms with Gasteiger partial charge in [0.15, 0.2) is 0 Å². The number of hydrogen-bond donors (Lipinski definition) is 0. The zero-order chi connectivity index (χ0) is 9.84. The molecule has 0 aromatic carbocycles. The monoisotopic (exact) mass is 184 g/mol. The zero-order valence-electron chi connectivity index (χ0n) is 7.90. The molecular formula is C8H12N2O3. The van der Waals surface area contributed by atoms with Gasteiger partial charge in [0.05, 0.1) is 6.10 Å². The Morgan fingerprint density at radius 2 is 2.23 bits per heavy atom. The summed E-state index contributed by atoms with van der Waals surface area (Å²) < 4.78 is 9.91. The lowest BCUT2D eigenvalue weighted by molar-refractivity contribution is -0.146. The molecule has 0 saturated carbocycles. The van der Waals surface area contributed by atoms with Crippen LogP contribution in [-0.4, -0.2) is 22.3 Å². The summed E-state index contributed by atoms with van der Waals surface area (Å²) in [5.74, 6) is 0.397. The molecule has 0 unspecified atom stereocenters. The summed E-state index contributed by atoms with van der Waals surface area (Å²) in [5, 5.41) is 7.27. The smallest absolute Gasteiger partial charge is 0.315 e. The molecule has 0 aliphatic heterocycles. The van der Waals surface area contributed by atoms with Gasteiger partial charge in [-0.3, -0.25) is 4.79 Å². The number of carbonyl (C=O) groups is 1. The quantitative estimate of drug-likeness (QED) is 0.652. The highest BCUT2D eigenvalue weighted by molar-refractivity contribution is 5.71. The molecule has 1 aromatic rings. The van der Waals surface area contributed by atoms with Gasteiger partial charge in [0.2, 0.25) is 11.8 Å². The fraction of sp³-hybridized carbons (Fsp3) is 0.625. The third-order valence-corrected chi connectivity index (χ3v) is 1.23. The van der Waals surface area contributed by atoms with Gasteiger partial charge < -0.3 is 9.15 Å². The summed E-state index contributed by atoms with van der Waals surface area (Å²) in [6.45, 7) is 5.25. The van der Waals surface area contributed by atoms with Crippen LogP contribution in [0.15, 0.2) is 4.42 Å². The minimum atomic E-state index is -0.348. The molecule has 0 atom stereocenters. The average Bonchev–Trinajstić information content (AvgIpc) is 2.33. The Balaban J connectivity index is 2.45.